The first kappa shape index (κ1) is 52.7. The maximum Gasteiger partial charge on any atom is 0.304 e. The van der Waals surface area contributed by atoms with Crippen LogP contribution < -0.4 is 5.73 Å². The molecule has 3 aliphatic rings. The van der Waals surface area contributed by atoms with Crippen LogP contribution in [0.1, 0.15) is 133 Å². The monoisotopic (exact) mass is 898 g/mol. The van der Waals surface area contributed by atoms with Crippen LogP contribution >= 0.6 is 0 Å². The fourth-order valence-electron chi connectivity index (χ4n) is 10.5. The van der Waals surface area contributed by atoms with Crippen molar-refractivity contribution in [2.75, 3.05) is 0 Å². The third-order valence-electron chi connectivity index (χ3n) is 14.4. The zero-order valence-corrected chi connectivity index (χ0v) is 38.3. The highest BCUT2D eigenvalue weighted by Gasteiger charge is 2.56. The molecule has 18 nitrogen and oxygen atoms in total. The number of hydrogen-bond donors (Lipinski definition) is 8. The third-order valence-corrected chi connectivity index (χ3v) is 14.4. The predicted molar refractivity (Wildman–Crippen MR) is 236 cm³/mol. The van der Waals surface area contributed by atoms with Gasteiger partial charge < -0.3 is 41.5 Å². The summed E-state index contributed by atoms with van der Waals surface area (Å²) < 4.78 is 0. The van der Waals surface area contributed by atoms with Crippen LogP contribution in [0.2, 0.25) is 0 Å². The molecule has 0 aromatic heterocycles. The summed E-state index contributed by atoms with van der Waals surface area (Å²) in [4.78, 5) is 100. The van der Waals surface area contributed by atoms with Gasteiger partial charge in [-0.05, 0) is 69.4 Å². The van der Waals surface area contributed by atoms with Gasteiger partial charge in [0, 0.05) is 100 Å². The van der Waals surface area contributed by atoms with Crippen molar-refractivity contribution in [1.29, 1.82) is 0 Å². The quantitative estimate of drug-likeness (QED) is 0.0494. The molecule has 0 saturated heterocycles. The molecule has 3 heterocycles. The summed E-state index contributed by atoms with van der Waals surface area (Å²) in [7, 11) is 0. The van der Waals surface area contributed by atoms with Crippen molar-refractivity contribution in [3.05, 3.63) is 34.3 Å². The van der Waals surface area contributed by atoms with Gasteiger partial charge in [-0.25, -0.2) is 0 Å². The molecule has 0 aliphatic carbocycles. The Morgan fingerprint density at radius 1 is 0.781 bits per heavy atom. The fraction of sp³-hybridized carbons (Fsp3) is 0.652. The summed E-state index contributed by atoms with van der Waals surface area (Å²) in [5.41, 5.74) is 5.06. The Bertz CT molecular complexity index is 2090. The number of hydrogen-bond acceptors (Lipinski definition) is 11. The molecule has 0 radical (unpaired) electrons. The van der Waals surface area contributed by atoms with Crippen molar-refractivity contribution in [3.63, 3.8) is 0 Å². The van der Waals surface area contributed by atoms with Crippen molar-refractivity contribution in [1.82, 2.24) is 0 Å². The first-order valence-electron chi connectivity index (χ1n) is 21.5. The first-order chi connectivity index (χ1) is 29.4. The smallest absolute Gasteiger partial charge is 0.304 e. The Balaban J connectivity index is 2.46. The van der Waals surface area contributed by atoms with E-state index in [9.17, 15) is 69.3 Å². The second-order valence-corrected chi connectivity index (χ2v) is 19.4. The fourth-order valence-corrected chi connectivity index (χ4v) is 10.5. The Kier molecular flexibility index (Phi) is 16.8. The van der Waals surface area contributed by atoms with Gasteiger partial charge in [-0.15, -0.1) is 0 Å². The Hall–Kier alpha value is -5.68. The van der Waals surface area contributed by atoms with Gasteiger partial charge in [-0.1, -0.05) is 47.1 Å². The maximum absolute atomic E-state index is 12.8. The van der Waals surface area contributed by atoms with Crippen molar-refractivity contribution in [3.8, 4) is 0 Å². The number of aliphatic carboxylic acids is 7. The third kappa shape index (κ3) is 11.7. The molecule has 0 amide bonds. The SMILES string of the molecule is CC(C)=C(N)C(CCC(=O)O)C(C)(CC(=O)O)C(C)C1N=C(/C(C)=C2N=C(/C=C3\N=CC(C)(CC(=O)O)C3CCC(=O)O)C(C)(C)C\2CCC(=O)O)C(C)(CCC(=O)O)C1CC(=O)O. The van der Waals surface area contributed by atoms with Gasteiger partial charge in [0.25, 0.3) is 0 Å². The largest absolute Gasteiger partial charge is 0.481 e. The Morgan fingerprint density at radius 3 is 1.81 bits per heavy atom. The lowest BCUT2D eigenvalue weighted by atomic mass is 9.57. The molecule has 0 aromatic carbocycles. The number of carboxylic acids is 7. The van der Waals surface area contributed by atoms with E-state index in [0.717, 1.165) is 0 Å². The normalized spacial score (nSPS) is 28.1. The van der Waals surface area contributed by atoms with E-state index in [1.165, 1.54) is 6.21 Å². The van der Waals surface area contributed by atoms with E-state index in [2.05, 4.69) is 4.99 Å². The predicted octanol–water partition coefficient (Wildman–Crippen LogP) is 6.79. The van der Waals surface area contributed by atoms with E-state index in [0.29, 0.717) is 39.7 Å². The van der Waals surface area contributed by atoms with Gasteiger partial charge in [-0.3, -0.25) is 48.5 Å². The van der Waals surface area contributed by atoms with Crippen LogP contribution in [0.3, 0.4) is 0 Å². The van der Waals surface area contributed by atoms with Gasteiger partial charge >= 0.3 is 41.8 Å². The number of nitrogens with two attached hydrogens (primary N) is 1. The van der Waals surface area contributed by atoms with Crippen LogP contribution in [0.5, 0.6) is 0 Å². The van der Waals surface area contributed by atoms with Crippen LogP contribution in [-0.4, -0.2) is 101 Å². The zero-order chi connectivity index (χ0) is 48.9. The van der Waals surface area contributed by atoms with E-state index in [1.807, 2.05) is 13.8 Å². The highest BCUT2D eigenvalue weighted by Crippen LogP contribution is 2.56. The topological polar surface area (TPSA) is 324 Å². The standard InChI is InChI=1S/C46H66N4O14/c1-23(2)39(47)27(11-14-33(53)54)46(9,21-38(63)64)25(4)41-29(18-36(59)60)45(8,17-16-35(57)58)42(50-41)24(3)40-28(12-15-34(55)56)43(5,6)31(49-40)19-30-26(10-13-32(51)52)44(7,22-48-30)20-37(61)62/h19,22,25-29,41H,10-18,20-21,47H2,1-9H3,(H,51,52)(H,53,54)(H,55,56)(H,57,58)(H,59,60)(H,61,62)(H,63,64)/b30-19-,40-24-. The van der Waals surface area contributed by atoms with Gasteiger partial charge in [-0.2, -0.15) is 0 Å². The van der Waals surface area contributed by atoms with E-state index in [1.54, 1.807) is 54.5 Å². The number of nitrogens with zero attached hydrogens (tertiary/aromatic N) is 3. The van der Waals surface area contributed by atoms with Crippen LogP contribution in [0, 0.1) is 51.2 Å². The molecule has 64 heavy (non-hydrogen) atoms. The minimum atomic E-state index is -1.32. The van der Waals surface area contributed by atoms with Crippen molar-refractivity contribution in [2.24, 2.45) is 72.0 Å². The Labute approximate surface area is 373 Å². The van der Waals surface area contributed by atoms with Crippen LogP contribution in [0.4, 0.5) is 0 Å². The molecule has 3 aliphatic heterocycles. The minimum absolute atomic E-state index is 0.0310. The number of carbonyl (C=O) groups is 7. The first-order valence-corrected chi connectivity index (χ1v) is 21.5. The number of rotatable bonds is 24. The molecule has 0 saturated carbocycles. The molecule has 0 aromatic rings. The van der Waals surface area contributed by atoms with Gasteiger partial charge in [0.05, 0.1) is 25.3 Å². The van der Waals surface area contributed by atoms with E-state index in [-0.39, 0.29) is 51.4 Å². The molecule has 3 rings (SSSR count). The number of carboxylic acid groups (broad SMARTS) is 7. The summed E-state index contributed by atoms with van der Waals surface area (Å²) in [5, 5.41) is 69.7. The lowest BCUT2D eigenvalue weighted by Crippen LogP contribution is -2.47. The molecular formula is C46H66N4O14. The number of allylic oxidation sites excluding steroid dienone is 6. The van der Waals surface area contributed by atoms with Crippen LogP contribution in [0.15, 0.2) is 49.3 Å². The maximum atomic E-state index is 12.8. The van der Waals surface area contributed by atoms with Crippen molar-refractivity contribution in [2.45, 2.75) is 139 Å². The summed E-state index contributed by atoms with van der Waals surface area (Å²) in [5.74, 6) is -11.7. The van der Waals surface area contributed by atoms with Crippen molar-refractivity contribution < 1.29 is 69.3 Å². The molecule has 0 spiro atoms. The molecule has 0 bridgehead atoms. The summed E-state index contributed by atoms with van der Waals surface area (Å²) in [6, 6.07) is -0.964. The summed E-state index contributed by atoms with van der Waals surface area (Å²) in [6.07, 6.45) is 0.636. The lowest BCUT2D eigenvalue weighted by Gasteiger charge is -2.46. The second kappa shape index (κ2) is 20.4. The van der Waals surface area contributed by atoms with Crippen LogP contribution in [0.25, 0.3) is 0 Å². The van der Waals surface area contributed by atoms with Gasteiger partial charge in [0.1, 0.15) is 0 Å². The molecular weight excluding hydrogens is 833 g/mol. The highest BCUT2D eigenvalue weighted by atomic mass is 16.4. The second-order valence-electron chi connectivity index (χ2n) is 19.4. The average molecular weight is 899 g/mol. The van der Waals surface area contributed by atoms with Gasteiger partial charge in [0.15, 0.2) is 0 Å². The summed E-state index contributed by atoms with van der Waals surface area (Å²) >= 11 is 0. The number of aliphatic imine (C=N–C) groups is 3. The molecule has 0 fully saturated rings. The Morgan fingerprint density at radius 2 is 1.33 bits per heavy atom. The molecule has 9 unspecified atom stereocenters. The van der Waals surface area contributed by atoms with Gasteiger partial charge in [0.2, 0.25) is 0 Å². The zero-order valence-electron chi connectivity index (χ0n) is 38.3. The van der Waals surface area contributed by atoms with E-state index in [4.69, 9.17) is 15.7 Å². The molecule has 9 atom stereocenters. The molecule has 18 heteroatoms. The highest BCUT2D eigenvalue weighted by molar-refractivity contribution is 6.09. The molecule has 354 valence electrons. The average Bonchev–Trinajstić information content (AvgIpc) is 3.71. The molecule has 9 N–H and O–H groups in total. The lowest BCUT2D eigenvalue weighted by molar-refractivity contribution is -0.144. The van der Waals surface area contributed by atoms with E-state index >= 15 is 0 Å². The minimum Gasteiger partial charge on any atom is -0.481 e. The van der Waals surface area contributed by atoms with E-state index < -0.39 is 118 Å². The van der Waals surface area contributed by atoms with Crippen LogP contribution in [-0.2, 0) is 33.6 Å². The van der Waals surface area contributed by atoms with Crippen molar-refractivity contribution >= 4 is 59.4 Å². The summed E-state index contributed by atoms with van der Waals surface area (Å²) in [6.45, 7) is 15.7.